The highest BCUT2D eigenvalue weighted by Crippen LogP contribution is 2.23. The summed E-state index contributed by atoms with van der Waals surface area (Å²) in [4.78, 5) is 17.8. The van der Waals surface area contributed by atoms with Crippen molar-refractivity contribution in [3.63, 3.8) is 0 Å². The fraction of sp³-hybridized carbons (Fsp3) is 0.160. The highest BCUT2D eigenvalue weighted by molar-refractivity contribution is 9.10. The van der Waals surface area contributed by atoms with Crippen LogP contribution in [0.3, 0.4) is 0 Å². The number of rotatable bonds is 7. The van der Waals surface area contributed by atoms with Crippen LogP contribution in [-0.4, -0.2) is 15.9 Å². The van der Waals surface area contributed by atoms with E-state index in [2.05, 4.69) is 26.0 Å². The molecule has 8 heteroatoms. The van der Waals surface area contributed by atoms with Gasteiger partial charge in [-0.25, -0.2) is 4.98 Å². The van der Waals surface area contributed by atoms with Gasteiger partial charge in [0.05, 0.1) is 27.2 Å². The van der Waals surface area contributed by atoms with Crippen LogP contribution >= 0.6 is 39.1 Å². The smallest absolute Gasteiger partial charge is 0.282 e. The minimum absolute atomic E-state index is 0.201. The summed E-state index contributed by atoms with van der Waals surface area (Å²) < 4.78 is 8.08. The summed E-state index contributed by atoms with van der Waals surface area (Å²) in [5.41, 5.74) is 2.17. The second-order valence-electron chi connectivity index (χ2n) is 7.41. The van der Waals surface area contributed by atoms with Gasteiger partial charge < -0.3 is 4.74 Å². The van der Waals surface area contributed by atoms with Crippen LogP contribution in [0.4, 0.5) is 0 Å². The minimum Gasteiger partial charge on any atom is -0.489 e. The molecule has 0 aliphatic heterocycles. The molecule has 0 radical (unpaired) electrons. The monoisotopic (exact) mass is 543 g/mol. The van der Waals surface area contributed by atoms with Crippen molar-refractivity contribution in [2.45, 2.75) is 26.4 Å². The first kappa shape index (κ1) is 23.5. The van der Waals surface area contributed by atoms with Gasteiger partial charge in [-0.2, -0.15) is 9.78 Å². The van der Waals surface area contributed by atoms with Crippen molar-refractivity contribution >= 4 is 56.2 Å². The Hall–Kier alpha value is -2.67. The van der Waals surface area contributed by atoms with Gasteiger partial charge in [0.15, 0.2) is 0 Å². The Bertz CT molecular complexity index is 1400. The van der Waals surface area contributed by atoms with Crippen molar-refractivity contribution < 1.29 is 4.74 Å². The lowest BCUT2D eigenvalue weighted by atomic mass is 10.2. The van der Waals surface area contributed by atoms with Gasteiger partial charge in [0.25, 0.3) is 5.56 Å². The molecule has 0 spiro atoms. The van der Waals surface area contributed by atoms with Gasteiger partial charge in [-0.1, -0.05) is 64.3 Å². The number of fused-ring (bicyclic) bond motifs is 1. The standard InChI is InChI=1S/C25H20BrCl2N3O2/c1-2-4-24-30-23-10-8-18(26)13-20(23)25(32)31(24)29-14-16-5-3-6-19(11-16)33-15-17-7-9-21(27)22(28)12-17/h3,5-14H,2,4,15H2,1H3. The number of benzene rings is 3. The first-order valence-electron chi connectivity index (χ1n) is 10.4. The van der Waals surface area contributed by atoms with E-state index in [1.165, 1.54) is 4.68 Å². The number of ether oxygens (including phenoxy) is 1. The van der Waals surface area contributed by atoms with Gasteiger partial charge in [0, 0.05) is 10.9 Å². The Morgan fingerprint density at radius 1 is 1.09 bits per heavy atom. The molecule has 0 amide bonds. The molecule has 0 aliphatic rings. The van der Waals surface area contributed by atoms with E-state index in [1.54, 1.807) is 24.4 Å². The molecule has 4 aromatic rings. The molecule has 4 rings (SSSR count). The predicted molar refractivity (Wildman–Crippen MR) is 138 cm³/mol. The van der Waals surface area contributed by atoms with Crippen LogP contribution in [0, 0.1) is 0 Å². The summed E-state index contributed by atoms with van der Waals surface area (Å²) in [6, 6.07) is 18.4. The zero-order valence-corrected chi connectivity index (χ0v) is 20.9. The third-order valence-electron chi connectivity index (χ3n) is 4.92. The van der Waals surface area contributed by atoms with Gasteiger partial charge in [-0.3, -0.25) is 4.79 Å². The SMILES string of the molecule is CCCc1nc2ccc(Br)cc2c(=O)n1N=Cc1cccc(OCc2ccc(Cl)c(Cl)c2)c1. The van der Waals surface area contributed by atoms with Gasteiger partial charge >= 0.3 is 0 Å². The molecule has 1 aromatic heterocycles. The molecule has 0 aliphatic carbocycles. The molecule has 0 fully saturated rings. The van der Waals surface area contributed by atoms with Crippen LogP contribution in [0.1, 0.15) is 30.3 Å². The van der Waals surface area contributed by atoms with E-state index >= 15 is 0 Å². The van der Waals surface area contributed by atoms with Crippen LogP contribution < -0.4 is 10.3 Å². The Morgan fingerprint density at radius 3 is 2.73 bits per heavy atom. The van der Waals surface area contributed by atoms with Crippen molar-refractivity contribution in [3.8, 4) is 5.75 Å². The van der Waals surface area contributed by atoms with Crippen LogP contribution in [-0.2, 0) is 13.0 Å². The van der Waals surface area contributed by atoms with E-state index in [0.717, 1.165) is 22.0 Å². The average Bonchev–Trinajstić information content (AvgIpc) is 2.81. The zero-order chi connectivity index (χ0) is 23.4. The Morgan fingerprint density at radius 2 is 1.94 bits per heavy atom. The molecule has 3 aromatic carbocycles. The number of aryl methyl sites for hydroxylation is 1. The number of hydrogen-bond donors (Lipinski definition) is 0. The van der Waals surface area contributed by atoms with E-state index in [9.17, 15) is 4.79 Å². The maximum absolute atomic E-state index is 13.1. The molecular formula is C25H20BrCl2N3O2. The molecule has 0 N–H and O–H groups in total. The van der Waals surface area contributed by atoms with Gasteiger partial charge in [-0.05, 0) is 60.0 Å². The molecular weight excluding hydrogens is 525 g/mol. The molecule has 33 heavy (non-hydrogen) atoms. The van der Waals surface area contributed by atoms with Gasteiger partial charge in [-0.15, -0.1) is 0 Å². The van der Waals surface area contributed by atoms with Crippen LogP contribution in [0.25, 0.3) is 10.9 Å². The molecule has 5 nitrogen and oxygen atoms in total. The van der Waals surface area contributed by atoms with Crippen molar-refractivity contribution in [2.75, 3.05) is 0 Å². The molecule has 0 saturated heterocycles. The minimum atomic E-state index is -0.201. The second kappa shape index (κ2) is 10.5. The van der Waals surface area contributed by atoms with Gasteiger partial charge in [0.2, 0.25) is 0 Å². The largest absolute Gasteiger partial charge is 0.489 e. The quantitative estimate of drug-likeness (QED) is 0.238. The van der Waals surface area contributed by atoms with E-state index in [0.29, 0.717) is 45.5 Å². The first-order valence-corrected chi connectivity index (χ1v) is 11.9. The topological polar surface area (TPSA) is 56.5 Å². The average molecular weight is 545 g/mol. The summed E-state index contributed by atoms with van der Waals surface area (Å²) >= 11 is 15.5. The Labute approximate surface area is 209 Å². The van der Waals surface area contributed by atoms with E-state index in [4.69, 9.17) is 27.9 Å². The summed E-state index contributed by atoms with van der Waals surface area (Å²) in [5, 5.41) is 5.98. The van der Waals surface area contributed by atoms with Crippen LogP contribution in [0.2, 0.25) is 10.0 Å². The van der Waals surface area contributed by atoms with Crippen LogP contribution in [0.15, 0.2) is 75.0 Å². The highest BCUT2D eigenvalue weighted by atomic mass is 79.9. The van der Waals surface area contributed by atoms with E-state index in [1.807, 2.05) is 49.4 Å². The second-order valence-corrected chi connectivity index (χ2v) is 9.14. The van der Waals surface area contributed by atoms with Crippen molar-refractivity contribution in [3.05, 3.63) is 102 Å². The third kappa shape index (κ3) is 5.64. The number of hydrogen-bond acceptors (Lipinski definition) is 4. The lowest BCUT2D eigenvalue weighted by Gasteiger charge is -2.09. The zero-order valence-electron chi connectivity index (χ0n) is 17.8. The summed E-state index contributed by atoms with van der Waals surface area (Å²) in [6.45, 7) is 2.39. The third-order valence-corrected chi connectivity index (χ3v) is 6.15. The summed E-state index contributed by atoms with van der Waals surface area (Å²) in [6.07, 6.45) is 3.13. The van der Waals surface area contributed by atoms with Crippen LogP contribution in [0.5, 0.6) is 5.75 Å². The van der Waals surface area contributed by atoms with Gasteiger partial charge in [0.1, 0.15) is 18.2 Å². The molecule has 0 bridgehead atoms. The Balaban J connectivity index is 1.60. The lowest BCUT2D eigenvalue weighted by Crippen LogP contribution is -2.22. The molecule has 0 saturated carbocycles. The fourth-order valence-corrected chi connectivity index (χ4v) is 3.99. The van der Waals surface area contributed by atoms with Crippen molar-refractivity contribution in [1.29, 1.82) is 0 Å². The molecule has 168 valence electrons. The predicted octanol–water partition coefficient (Wildman–Crippen LogP) is 6.88. The first-order chi connectivity index (χ1) is 15.9. The fourth-order valence-electron chi connectivity index (χ4n) is 3.30. The maximum Gasteiger partial charge on any atom is 0.282 e. The molecule has 0 unspecified atom stereocenters. The Kier molecular flexibility index (Phi) is 7.48. The molecule has 0 atom stereocenters. The van der Waals surface area contributed by atoms with E-state index in [-0.39, 0.29) is 5.56 Å². The number of nitrogens with zero attached hydrogens (tertiary/aromatic N) is 3. The lowest BCUT2D eigenvalue weighted by molar-refractivity contribution is 0.306. The van der Waals surface area contributed by atoms with Crippen molar-refractivity contribution in [2.24, 2.45) is 5.10 Å². The summed E-state index contributed by atoms with van der Waals surface area (Å²) in [7, 11) is 0. The molecule has 1 heterocycles. The number of aromatic nitrogens is 2. The summed E-state index contributed by atoms with van der Waals surface area (Å²) in [5.74, 6) is 1.30. The number of halogens is 3. The maximum atomic E-state index is 13.1. The normalized spacial score (nSPS) is 11.4. The van der Waals surface area contributed by atoms with Crippen molar-refractivity contribution in [1.82, 2.24) is 9.66 Å². The highest BCUT2D eigenvalue weighted by Gasteiger charge is 2.10. The van der Waals surface area contributed by atoms with E-state index < -0.39 is 0 Å².